The highest BCUT2D eigenvalue weighted by Gasteiger charge is 2.21. The second-order valence-corrected chi connectivity index (χ2v) is 8.10. The molecule has 26 heavy (non-hydrogen) atoms. The SMILES string of the molecule is Cc1ccc(OCc2nc(CC(=O)N(C)C3CCCCCC3)cs2)cc1. The molecular weight excluding hydrogens is 344 g/mol. The minimum atomic E-state index is 0.174. The predicted octanol–water partition coefficient (Wildman–Crippen LogP) is 4.75. The van der Waals surface area contributed by atoms with Crippen LogP contribution < -0.4 is 4.74 Å². The van der Waals surface area contributed by atoms with Gasteiger partial charge in [-0.15, -0.1) is 11.3 Å². The number of hydrogen-bond donors (Lipinski definition) is 0. The molecule has 0 spiro atoms. The van der Waals surface area contributed by atoms with Gasteiger partial charge in [-0.1, -0.05) is 43.4 Å². The van der Waals surface area contributed by atoms with Gasteiger partial charge >= 0.3 is 0 Å². The number of nitrogens with zero attached hydrogens (tertiary/aromatic N) is 2. The highest BCUT2D eigenvalue weighted by molar-refractivity contribution is 7.09. The zero-order chi connectivity index (χ0) is 18.4. The highest BCUT2D eigenvalue weighted by Crippen LogP contribution is 2.22. The Balaban J connectivity index is 1.50. The number of benzene rings is 1. The first-order chi connectivity index (χ1) is 12.6. The summed E-state index contributed by atoms with van der Waals surface area (Å²) in [5, 5.41) is 2.89. The number of carbonyl (C=O) groups is 1. The molecule has 0 radical (unpaired) electrons. The summed E-state index contributed by atoms with van der Waals surface area (Å²) in [6.45, 7) is 2.50. The van der Waals surface area contributed by atoms with Crippen molar-refractivity contribution in [3.8, 4) is 5.75 Å². The lowest BCUT2D eigenvalue weighted by Crippen LogP contribution is -2.37. The van der Waals surface area contributed by atoms with Crippen molar-refractivity contribution in [2.45, 2.75) is 64.5 Å². The predicted molar refractivity (Wildman–Crippen MR) is 106 cm³/mol. The molecule has 0 atom stereocenters. The Morgan fingerprint density at radius 3 is 2.58 bits per heavy atom. The monoisotopic (exact) mass is 372 g/mol. The number of aromatic nitrogens is 1. The number of rotatable bonds is 6. The largest absolute Gasteiger partial charge is 0.486 e. The normalized spacial score (nSPS) is 15.5. The van der Waals surface area contributed by atoms with Crippen LogP contribution >= 0.6 is 11.3 Å². The van der Waals surface area contributed by atoms with Crippen LogP contribution in [0.4, 0.5) is 0 Å². The number of carbonyl (C=O) groups excluding carboxylic acids is 1. The zero-order valence-electron chi connectivity index (χ0n) is 15.7. The fourth-order valence-corrected chi connectivity index (χ4v) is 4.11. The van der Waals surface area contributed by atoms with Crippen molar-refractivity contribution < 1.29 is 9.53 Å². The van der Waals surface area contributed by atoms with Gasteiger partial charge in [0.1, 0.15) is 17.4 Å². The minimum Gasteiger partial charge on any atom is -0.486 e. The van der Waals surface area contributed by atoms with Gasteiger partial charge in [-0.2, -0.15) is 0 Å². The fraction of sp³-hybridized carbons (Fsp3) is 0.524. The molecule has 1 aromatic heterocycles. The number of amides is 1. The first-order valence-electron chi connectivity index (χ1n) is 9.50. The Labute approximate surface area is 160 Å². The van der Waals surface area contributed by atoms with Gasteiger partial charge in [0, 0.05) is 18.5 Å². The van der Waals surface area contributed by atoms with Crippen LogP contribution in [0.3, 0.4) is 0 Å². The van der Waals surface area contributed by atoms with E-state index in [1.54, 1.807) is 11.3 Å². The van der Waals surface area contributed by atoms with E-state index in [0.717, 1.165) is 29.3 Å². The van der Waals surface area contributed by atoms with E-state index in [4.69, 9.17) is 4.74 Å². The summed E-state index contributed by atoms with van der Waals surface area (Å²) in [4.78, 5) is 19.1. The van der Waals surface area contributed by atoms with Gasteiger partial charge in [-0.3, -0.25) is 4.79 Å². The molecule has 1 saturated carbocycles. The number of hydrogen-bond acceptors (Lipinski definition) is 4. The maximum absolute atomic E-state index is 12.6. The van der Waals surface area contributed by atoms with E-state index in [-0.39, 0.29) is 5.91 Å². The third-order valence-electron chi connectivity index (χ3n) is 5.08. The number of thiazole rings is 1. The third kappa shape index (κ3) is 5.31. The van der Waals surface area contributed by atoms with Crippen molar-refractivity contribution in [1.82, 2.24) is 9.88 Å². The molecule has 1 heterocycles. The number of aryl methyl sites for hydroxylation is 1. The van der Waals surface area contributed by atoms with E-state index in [1.807, 2.05) is 41.6 Å². The first kappa shape index (κ1) is 18.9. The van der Waals surface area contributed by atoms with Crippen LogP contribution in [0.2, 0.25) is 0 Å². The maximum Gasteiger partial charge on any atom is 0.228 e. The molecule has 0 unspecified atom stereocenters. The molecule has 5 heteroatoms. The van der Waals surface area contributed by atoms with Gasteiger partial charge in [-0.05, 0) is 31.9 Å². The Bertz CT molecular complexity index is 703. The molecule has 1 aliphatic carbocycles. The van der Waals surface area contributed by atoms with Gasteiger partial charge in [-0.25, -0.2) is 4.98 Å². The average Bonchev–Trinajstić information content (AvgIpc) is 2.91. The van der Waals surface area contributed by atoms with Gasteiger partial charge < -0.3 is 9.64 Å². The van der Waals surface area contributed by atoms with Crippen LogP contribution in [-0.4, -0.2) is 28.9 Å². The molecule has 2 aromatic rings. The van der Waals surface area contributed by atoms with Crippen LogP contribution in [0.1, 0.15) is 54.8 Å². The van der Waals surface area contributed by atoms with Gasteiger partial charge in [0.15, 0.2) is 0 Å². The van der Waals surface area contributed by atoms with Crippen molar-refractivity contribution >= 4 is 17.2 Å². The third-order valence-corrected chi connectivity index (χ3v) is 5.95. The van der Waals surface area contributed by atoms with E-state index in [0.29, 0.717) is 19.1 Å². The Kier molecular flexibility index (Phi) is 6.67. The van der Waals surface area contributed by atoms with Crippen molar-refractivity contribution in [1.29, 1.82) is 0 Å². The number of ether oxygens (including phenoxy) is 1. The van der Waals surface area contributed by atoms with Crippen molar-refractivity contribution in [3.05, 3.63) is 45.9 Å². The van der Waals surface area contributed by atoms with Crippen LogP contribution in [0.5, 0.6) is 5.75 Å². The van der Waals surface area contributed by atoms with Crippen LogP contribution in [0.15, 0.2) is 29.6 Å². The molecule has 1 aromatic carbocycles. The lowest BCUT2D eigenvalue weighted by Gasteiger charge is -2.27. The quantitative estimate of drug-likeness (QED) is 0.687. The topological polar surface area (TPSA) is 42.4 Å². The molecule has 1 amide bonds. The van der Waals surface area contributed by atoms with Gasteiger partial charge in [0.25, 0.3) is 0 Å². The van der Waals surface area contributed by atoms with Gasteiger partial charge in [0.2, 0.25) is 5.91 Å². The molecule has 3 rings (SSSR count). The molecule has 0 bridgehead atoms. The van der Waals surface area contributed by atoms with E-state index < -0.39 is 0 Å². The van der Waals surface area contributed by atoms with E-state index >= 15 is 0 Å². The molecular formula is C21H28N2O2S. The maximum atomic E-state index is 12.6. The fourth-order valence-electron chi connectivity index (χ4n) is 3.40. The summed E-state index contributed by atoms with van der Waals surface area (Å²) < 4.78 is 5.77. The van der Waals surface area contributed by atoms with Crippen molar-refractivity contribution in [2.75, 3.05) is 7.05 Å². The Morgan fingerprint density at radius 2 is 1.88 bits per heavy atom. The van der Waals surface area contributed by atoms with E-state index in [9.17, 15) is 4.79 Å². The summed E-state index contributed by atoms with van der Waals surface area (Å²) in [5.74, 6) is 1.02. The van der Waals surface area contributed by atoms with Crippen LogP contribution in [-0.2, 0) is 17.8 Å². The van der Waals surface area contributed by atoms with Crippen molar-refractivity contribution in [2.24, 2.45) is 0 Å². The summed E-state index contributed by atoms with van der Waals surface area (Å²) in [6.07, 6.45) is 7.72. The molecule has 0 N–H and O–H groups in total. The highest BCUT2D eigenvalue weighted by atomic mass is 32.1. The summed E-state index contributed by atoms with van der Waals surface area (Å²) in [7, 11) is 1.95. The molecule has 1 fully saturated rings. The van der Waals surface area contributed by atoms with Crippen LogP contribution in [0.25, 0.3) is 0 Å². The molecule has 4 nitrogen and oxygen atoms in total. The standard InChI is InChI=1S/C21H28N2O2S/c1-16-9-11-19(12-10-16)25-14-20-22-17(15-26-20)13-21(24)23(2)18-7-5-3-4-6-8-18/h9-12,15,18H,3-8,13-14H2,1-2H3. The summed E-state index contributed by atoms with van der Waals surface area (Å²) in [5.41, 5.74) is 2.06. The molecule has 0 saturated heterocycles. The molecule has 140 valence electrons. The first-order valence-corrected chi connectivity index (χ1v) is 10.4. The summed E-state index contributed by atoms with van der Waals surface area (Å²) in [6, 6.07) is 8.40. The average molecular weight is 373 g/mol. The second-order valence-electron chi connectivity index (χ2n) is 7.16. The number of likely N-dealkylation sites (N-methyl/N-ethyl adjacent to an activating group) is 1. The smallest absolute Gasteiger partial charge is 0.228 e. The molecule has 1 aliphatic rings. The zero-order valence-corrected chi connectivity index (χ0v) is 16.6. The lowest BCUT2D eigenvalue weighted by molar-refractivity contribution is -0.131. The summed E-state index contributed by atoms with van der Waals surface area (Å²) >= 11 is 1.56. The lowest BCUT2D eigenvalue weighted by atomic mass is 10.1. The second kappa shape index (κ2) is 9.17. The Morgan fingerprint density at radius 1 is 1.19 bits per heavy atom. The Hall–Kier alpha value is -1.88. The van der Waals surface area contributed by atoms with Crippen LogP contribution in [0, 0.1) is 6.92 Å². The van der Waals surface area contributed by atoms with Crippen molar-refractivity contribution in [3.63, 3.8) is 0 Å². The van der Waals surface area contributed by atoms with E-state index in [2.05, 4.69) is 11.9 Å². The molecule has 0 aliphatic heterocycles. The minimum absolute atomic E-state index is 0.174. The van der Waals surface area contributed by atoms with Gasteiger partial charge in [0.05, 0.1) is 12.1 Å². The van der Waals surface area contributed by atoms with E-state index in [1.165, 1.54) is 31.2 Å².